The highest BCUT2D eigenvalue weighted by molar-refractivity contribution is 9.10. The van der Waals surface area contributed by atoms with Crippen LogP contribution in [0.4, 0.5) is 5.82 Å². The molecule has 0 amide bonds. The Hall–Kier alpha value is -0.610. The third kappa shape index (κ3) is 1.91. The molecule has 1 aromatic heterocycles. The molecule has 0 aliphatic carbocycles. The van der Waals surface area contributed by atoms with Crippen LogP contribution < -0.4 is 10.6 Å². The Labute approximate surface area is 92.4 Å². The van der Waals surface area contributed by atoms with Crippen molar-refractivity contribution in [3.8, 4) is 0 Å². The first-order valence-electron chi connectivity index (χ1n) is 4.89. The summed E-state index contributed by atoms with van der Waals surface area (Å²) in [5, 5.41) is 0. The second kappa shape index (κ2) is 4.28. The number of rotatable bonds is 2. The summed E-state index contributed by atoms with van der Waals surface area (Å²) < 4.78 is 1.02. The number of aromatic nitrogens is 1. The fourth-order valence-corrected chi connectivity index (χ4v) is 2.15. The number of pyridine rings is 1. The fraction of sp³-hybridized carbons (Fsp3) is 0.500. The van der Waals surface area contributed by atoms with Gasteiger partial charge in [-0.2, -0.15) is 0 Å². The van der Waals surface area contributed by atoms with E-state index >= 15 is 0 Å². The van der Waals surface area contributed by atoms with Crippen LogP contribution in [0.2, 0.25) is 0 Å². The van der Waals surface area contributed by atoms with E-state index in [0.717, 1.165) is 23.4 Å². The van der Waals surface area contributed by atoms with Crippen LogP contribution in [0.15, 0.2) is 22.8 Å². The molecule has 1 atom stereocenters. The highest BCUT2D eigenvalue weighted by Crippen LogP contribution is 2.23. The molecule has 3 nitrogen and oxygen atoms in total. The average molecular weight is 256 g/mol. The molecule has 4 heteroatoms. The van der Waals surface area contributed by atoms with Crippen LogP contribution in [0.3, 0.4) is 0 Å². The standard InChI is InChI=1S/C10H14BrN3/c11-8-3-4-10(13-7-8)14-5-1-2-9(14)6-12/h3-4,7,9H,1-2,5-6,12H2/t9-/m0/s1. The first-order valence-corrected chi connectivity index (χ1v) is 5.69. The molecule has 0 aromatic carbocycles. The highest BCUT2D eigenvalue weighted by atomic mass is 79.9. The summed E-state index contributed by atoms with van der Waals surface area (Å²) in [5.41, 5.74) is 5.71. The molecule has 2 N–H and O–H groups in total. The van der Waals surface area contributed by atoms with Crippen molar-refractivity contribution in [2.75, 3.05) is 18.0 Å². The molecule has 2 rings (SSSR count). The van der Waals surface area contributed by atoms with Gasteiger partial charge >= 0.3 is 0 Å². The van der Waals surface area contributed by atoms with Gasteiger partial charge in [-0.15, -0.1) is 0 Å². The van der Waals surface area contributed by atoms with Gasteiger partial charge in [0.1, 0.15) is 5.82 Å². The number of anilines is 1. The normalized spacial score (nSPS) is 21.6. The zero-order valence-electron chi connectivity index (χ0n) is 7.99. The Morgan fingerprint density at radius 2 is 2.43 bits per heavy atom. The lowest BCUT2D eigenvalue weighted by Gasteiger charge is -2.24. The van der Waals surface area contributed by atoms with E-state index in [-0.39, 0.29) is 0 Å². The molecule has 1 fully saturated rings. The predicted molar refractivity (Wildman–Crippen MR) is 61.4 cm³/mol. The van der Waals surface area contributed by atoms with Gasteiger partial charge in [-0.05, 0) is 40.9 Å². The van der Waals surface area contributed by atoms with Gasteiger partial charge in [0.2, 0.25) is 0 Å². The molecular weight excluding hydrogens is 242 g/mol. The second-order valence-electron chi connectivity index (χ2n) is 3.56. The van der Waals surface area contributed by atoms with Crippen molar-refractivity contribution in [1.82, 2.24) is 4.98 Å². The summed E-state index contributed by atoms with van der Waals surface area (Å²) in [6.07, 6.45) is 4.25. The number of hydrogen-bond donors (Lipinski definition) is 1. The van der Waals surface area contributed by atoms with E-state index in [1.165, 1.54) is 12.8 Å². The first-order chi connectivity index (χ1) is 6.81. The smallest absolute Gasteiger partial charge is 0.128 e. The van der Waals surface area contributed by atoms with E-state index in [1.807, 2.05) is 18.3 Å². The van der Waals surface area contributed by atoms with Crippen LogP contribution in [-0.2, 0) is 0 Å². The second-order valence-corrected chi connectivity index (χ2v) is 4.48. The van der Waals surface area contributed by atoms with Gasteiger partial charge in [-0.3, -0.25) is 0 Å². The van der Waals surface area contributed by atoms with Gasteiger partial charge in [0.05, 0.1) is 0 Å². The highest BCUT2D eigenvalue weighted by Gasteiger charge is 2.23. The number of hydrogen-bond acceptors (Lipinski definition) is 3. The topological polar surface area (TPSA) is 42.1 Å². The van der Waals surface area contributed by atoms with Gasteiger partial charge in [0, 0.05) is 29.8 Å². The summed E-state index contributed by atoms with van der Waals surface area (Å²) >= 11 is 3.38. The van der Waals surface area contributed by atoms with Crippen molar-refractivity contribution in [2.24, 2.45) is 5.73 Å². The molecule has 14 heavy (non-hydrogen) atoms. The Morgan fingerprint density at radius 3 is 3.07 bits per heavy atom. The Morgan fingerprint density at radius 1 is 1.57 bits per heavy atom. The minimum absolute atomic E-state index is 0.476. The molecule has 0 radical (unpaired) electrons. The summed E-state index contributed by atoms with van der Waals surface area (Å²) in [6.45, 7) is 1.80. The van der Waals surface area contributed by atoms with Crippen molar-refractivity contribution in [1.29, 1.82) is 0 Å². The van der Waals surface area contributed by atoms with E-state index in [2.05, 4.69) is 25.8 Å². The molecule has 76 valence electrons. The average Bonchev–Trinajstić information content (AvgIpc) is 2.67. The van der Waals surface area contributed by atoms with Crippen LogP contribution in [0.5, 0.6) is 0 Å². The van der Waals surface area contributed by atoms with Crippen molar-refractivity contribution in [3.63, 3.8) is 0 Å². The Bertz CT molecular complexity index is 299. The number of halogens is 1. The van der Waals surface area contributed by atoms with Crippen LogP contribution in [-0.4, -0.2) is 24.1 Å². The molecule has 1 aromatic rings. The van der Waals surface area contributed by atoms with E-state index in [0.29, 0.717) is 6.04 Å². The lowest BCUT2D eigenvalue weighted by atomic mass is 10.2. The number of nitrogens with zero attached hydrogens (tertiary/aromatic N) is 2. The summed E-state index contributed by atoms with van der Waals surface area (Å²) in [7, 11) is 0. The van der Waals surface area contributed by atoms with Crippen LogP contribution in [0.1, 0.15) is 12.8 Å². The third-order valence-corrected chi connectivity index (χ3v) is 3.12. The van der Waals surface area contributed by atoms with Gasteiger partial charge in [-0.25, -0.2) is 4.98 Å². The fourth-order valence-electron chi connectivity index (χ4n) is 1.92. The van der Waals surface area contributed by atoms with E-state index in [1.54, 1.807) is 0 Å². The first kappa shape index (κ1) is 9.93. The quantitative estimate of drug-likeness (QED) is 0.876. The molecule has 0 bridgehead atoms. The summed E-state index contributed by atoms with van der Waals surface area (Å²) in [6, 6.07) is 4.54. The zero-order chi connectivity index (χ0) is 9.97. The van der Waals surface area contributed by atoms with Gasteiger partial charge in [-0.1, -0.05) is 0 Å². The van der Waals surface area contributed by atoms with E-state index in [4.69, 9.17) is 5.73 Å². The molecule has 1 saturated heterocycles. The van der Waals surface area contributed by atoms with Crippen LogP contribution in [0.25, 0.3) is 0 Å². The largest absolute Gasteiger partial charge is 0.352 e. The lowest BCUT2D eigenvalue weighted by Crippen LogP contribution is -2.35. The van der Waals surface area contributed by atoms with E-state index in [9.17, 15) is 0 Å². The molecule has 0 spiro atoms. The maximum absolute atomic E-state index is 5.71. The Kier molecular flexibility index (Phi) is 3.03. The maximum atomic E-state index is 5.71. The van der Waals surface area contributed by atoms with Crippen molar-refractivity contribution < 1.29 is 0 Å². The number of nitrogens with two attached hydrogens (primary N) is 1. The van der Waals surface area contributed by atoms with Crippen LogP contribution in [0, 0.1) is 0 Å². The summed E-state index contributed by atoms with van der Waals surface area (Å²) in [5.74, 6) is 1.04. The summed E-state index contributed by atoms with van der Waals surface area (Å²) in [4.78, 5) is 6.68. The van der Waals surface area contributed by atoms with Crippen LogP contribution >= 0.6 is 15.9 Å². The molecule has 0 saturated carbocycles. The maximum Gasteiger partial charge on any atom is 0.128 e. The van der Waals surface area contributed by atoms with Crippen molar-refractivity contribution in [3.05, 3.63) is 22.8 Å². The van der Waals surface area contributed by atoms with E-state index < -0.39 is 0 Å². The van der Waals surface area contributed by atoms with Crippen molar-refractivity contribution in [2.45, 2.75) is 18.9 Å². The van der Waals surface area contributed by atoms with Crippen molar-refractivity contribution >= 4 is 21.7 Å². The SMILES string of the molecule is NC[C@@H]1CCCN1c1ccc(Br)cn1. The predicted octanol–water partition coefficient (Wildman–Crippen LogP) is 1.77. The molecule has 1 aliphatic rings. The van der Waals surface area contributed by atoms with Gasteiger partial charge in [0.25, 0.3) is 0 Å². The monoisotopic (exact) mass is 255 g/mol. The lowest BCUT2D eigenvalue weighted by molar-refractivity contribution is 0.671. The van der Waals surface area contributed by atoms with Gasteiger partial charge < -0.3 is 10.6 Å². The minimum atomic E-state index is 0.476. The Balaban J connectivity index is 2.17. The molecule has 2 heterocycles. The zero-order valence-corrected chi connectivity index (χ0v) is 9.57. The van der Waals surface area contributed by atoms with Gasteiger partial charge in [0.15, 0.2) is 0 Å². The molecule has 0 unspecified atom stereocenters. The minimum Gasteiger partial charge on any atom is -0.352 e. The molecular formula is C10H14BrN3. The molecule has 1 aliphatic heterocycles. The third-order valence-electron chi connectivity index (χ3n) is 2.66.